The van der Waals surface area contributed by atoms with Crippen LogP contribution < -0.4 is 4.72 Å². The standard InChI is InChI=1S/C13H18FNO3S/c14-11-4-3-5-12(8-11)19(17,18)15-9-13(10-16)6-1-2-7-13/h3-5,8,15-16H,1-2,6-7,9-10H2. The van der Waals surface area contributed by atoms with Gasteiger partial charge >= 0.3 is 0 Å². The Morgan fingerprint density at radius 2 is 2.00 bits per heavy atom. The largest absolute Gasteiger partial charge is 0.396 e. The zero-order valence-corrected chi connectivity index (χ0v) is 11.4. The molecular weight excluding hydrogens is 269 g/mol. The Labute approximate surface area is 112 Å². The number of aliphatic hydroxyl groups is 1. The second-order valence-corrected chi connectivity index (χ2v) is 6.91. The minimum atomic E-state index is -3.72. The average molecular weight is 287 g/mol. The van der Waals surface area contributed by atoms with E-state index in [1.165, 1.54) is 18.2 Å². The number of halogens is 1. The van der Waals surface area contributed by atoms with Crippen LogP contribution >= 0.6 is 0 Å². The lowest BCUT2D eigenvalue weighted by molar-refractivity contribution is 0.134. The molecule has 1 aliphatic carbocycles. The highest BCUT2D eigenvalue weighted by atomic mass is 32.2. The van der Waals surface area contributed by atoms with E-state index in [2.05, 4.69) is 4.72 Å². The average Bonchev–Trinajstić information content (AvgIpc) is 2.86. The molecular formula is C13H18FNO3S. The van der Waals surface area contributed by atoms with E-state index >= 15 is 0 Å². The first kappa shape index (κ1) is 14.4. The van der Waals surface area contributed by atoms with Gasteiger partial charge in [0.25, 0.3) is 0 Å². The summed E-state index contributed by atoms with van der Waals surface area (Å²) in [6.45, 7) is 0.168. The first-order valence-corrected chi connectivity index (χ1v) is 7.82. The van der Waals surface area contributed by atoms with Gasteiger partial charge < -0.3 is 5.11 Å². The molecule has 0 radical (unpaired) electrons. The molecule has 0 amide bonds. The van der Waals surface area contributed by atoms with Gasteiger partial charge in [0.2, 0.25) is 10.0 Å². The molecule has 1 saturated carbocycles. The van der Waals surface area contributed by atoms with Crippen molar-refractivity contribution in [2.24, 2.45) is 5.41 Å². The van der Waals surface area contributed by atoms with Gasteiger partial charge in [-0.1, -0.05) is 18.9 Å². The van der Waals surface area contributed by atoms with Crippen molar-refractivity contribution in [3.63, 3.8) is 0 Å². The molecule has 0 unspecified atom stereocenters. The van der Waals surface area contributed by atoms with Gasteiger partial charge in [0.1, 0.15) is 5.82 Å². The van der Waals surface area contributed by atoms with Crippen molar-refractivity contribution < 1.29 is 17.9 Å². The number of hydrogen-bond acceptors (Lipinski definition) is 3. The van der Waals surface area contributed by atoms with Crippen LogP contribution in [0.4, 0.5) is 4.39 Å². The van der Waals surface area contributed by atoms with Gasteiger partial charge in [0.15, 0.2) is 0 Å². The molecule has 4 nitrogen and oxygen atoms in total. The topological polar surface area (TPSA) is 66.4 Å². The lowest BCUT2D eigenvalue weighted by atomic mass is 9.88. The van der Waals surface area contributed by atoms with Crippen LogP contribution in [-0.4, -0.2) is 26.7 Å². The first-order valence-electron chi connectivity index (χ1n) is 6.34. The molecule has 0 saturated heterocycles. The number of nitrogens with one attached hydrogen (secondary N) is 1. The molecule has 0 spiro atoms. The van der Waals surface area contributed by atoms with Gasteiger partial charge in [-0.3, -0.25) is 0 Å². The van der Waals surface area contributed by atoms with E-state index in [9.17, 15) is 17.9 Å². The maximum atomic E-state index is 13.0. The van der Waals surface area contributed by atoms with Crippen molar-refractivity contribution in [1.29, 1.82) is 0 Å². The van der Waals surface area contributed by atoms with Gasteiger partial charge in [-0.15, -0.1) is 0 Å². The smallest absolute Gasteiger partial charge is 0.240 e. The summed E-state index contributed by atoms with van der Waals surface area (Å²) in [5, 5.41) is 9.43. The van der Waals surface area contributed by atoms with Crippen molar-refractivity contribution in [1.82, 2.24) is 4.72 Å². The Kier molecular flexibility index (Phi) is 4.23. The van der Waals surface area contributed by atoms with Crippen LogP contribution in [-0.2, 0) is 10.0 Å². The van der Waals surface area contributed by atoms with Crippen LogP contribution in [0.5, 0.6) is 0 Å². The third kappa shape index (κ3) is 3.32. The van der Waals surface area contributed by atoms with E-state index in [0.29, 0.717) is 0 Å². The fourth-order valence-corrected chi connectivity index (χ4v) is 3.67. The highest BCUT2D eigenvalue weighted by molar-refractivity contribution is 7.89. The van der Waals surface area contributed by atoms with Gasteiger partial charge in [0, 0.05) is 18.6 Å². The minimum absolute atomic E-state index is 0.0291. The lowest BCUT2D eigenvalue weighted by Gasteiger charge is -2.26. The van der Waals surface area contributed by atoms with E-state index in [1.807, 2.05) is 0 Å². The van der Waals surface area contributed by atoms with Crippen molar-refractivity contribution in [2.45, 2.75) is 30.6 Å². The van der Waals surface area contributed by atoms with E-state index in [1.54, 1.807) is 0 Å². The van der Waals surface area contributed by atoms with Crippen molar-refractivity contribution in [3.8, 4) is 0 Å². The molecule has 0 bridgehead atoms. The monoisotopic (exact) mass is 287 g/mol. The van der Waals surface area contributed by atoms with Crippen molar-refractivity contribution in [3.05, 3.63) is 30.1 Å². The van der Waals surface area contributed by atoms with Crippen LogP contribution in [0, 0.1) is 11.2 Å². The van der Waals surface area contributed by atoms with Crippen molar-refractivity contribution in [2.75, 3.05) is 13.2 Å². The second kappa shape index (κ2) is 5.56. The Balaban J connectivity index is 2.09. The van der Waals surface area contributed by atoms with Gasteiger partial charge in [-0.05, 0) is 31.0 Å². The predicted octanol–water partition coefficient (Wildman–Crippen LogP) is 1.66. The van der Waals surface area contributed by atoms with Gasteiger partial charge in [-0.2, -0.15) is 0 Å². The zero-order valence-electron chi connectivity index (χ0n) is 10.6. The summed E-state index contributed by atoms with van der Waals surface area (Å²) < 4.78 is 39.6. The second-order valence-electron chi connectivity index (χ2n) is 5.15. The Morgan fingerprint density at radius 1 is 1.32 bits per heavy atom. The van der Waals surface area contributed by atoms with E-state index < -0.39 is 15.8 Å². The molecule has 2 rings (SSSR count). The normalized spacial score (nSPS) is 18.6. The molecule has 1 aromatic rings. The van der Waals surface area contributed by atoms with Crippen LogP contribution in [0.3, 0.4) is 0 Å². The lowest BCUT2D eigenvalue weighted by Crippen LogP contribution is -2.38. The molecule has 6 heteroatoms. The number of aliphatic hydroxyl groups excluding tert-OH is 1. The molecule has 1 aromatic carbocycles. The van der Waals surface area contributed by atoms with E-state index in [0.717, 1.165) is 31.7 Å². The molecule has 0 atom stereocenters. The highest BCUT2D eigenvalue weighted by Gasteiger charge is 2.34. The third-order valence-corrected chi connectivity index (χ3v) is 5.14. The Hall–Kier alpha value is -0.980. The zero-order chi connectivity index (χ0) is 13.9. The number of benzene rings is 1. The summed E-state index contributed by atoms with van der Waals surface area (Å²) in [7, 11) is -3.72. The van der Waals surface area contributed by atoms with Crippen LogP contribution in [0.25, 0.3) is 0 Å². The highest BCUT2D eigenvalue weighted by Crippen LogP contribution is 2.37. The fraction of sp³-hybridized carbons (Fsp3) is 0.538. The molecule has 19 heavy (non-hydrogen) atoms. The van der Waals surface area contributed by atoms with Crippen LogP contribution in [0.1, 0.15) is 25.7 Å². The SMILES string of the molecule is O=S(=O)(NCC1(CO)CCCC1)c1cccc(F)c1. The van der Waals surface area contributed by atoms with E-state index in [-0.39, 0.29) is 23.5 Å². The van der Waals surface area contributed by atoms with Crippen LogP contribution in [0.2, 0.25) is 0 Å². The Bertz CT molecular complexity index is 539. The predicted molar refractivity (Wildman–Crippen MR) is 69.6 cm³/mol. The van der Waals surface area contributed by atoms with Gasteiger partial charge in [-0.25, -0.2) is 17.5 Å². The first-order chi connectivity index (χ1) is 8.97. The maximum absolute atomic E-state index is 13.0. The molecule has 0 heterocycles. The minimum Gasteiger partial charge on any atom is -0.396 e. The Morgan fingerprint density at radius 3 is 2.58 bits per heavy atom. The molecule has 106 valence electrons. The van der Waals surface area contributed by atoms with Crippen molar-refractivity contribution >= 4 is 10.0 Å². The quantitative estimate of drug-likeness (QED) is 0.865. The molecule has 2 N–H and O–H groups in total. The number of sulfonamides is 1. The summed E-state index contributed by atoms with van der Waals surface area (Å²) in [5.41, 5.74) is -0.361. The molecule has 1 aliphatic rings. The summed E-state index contributed by atoms with van der Waals surface area (Å²) in [6, 6.07) is 4.90. The van der Waals surface area contributed by atoms with Crippen LogP contribution in [0.15, 0.2) is 29.2 Å². The fourth-order valence-electron chi connectivity index (χ4n) is 2.48. The third-order valence-electron chi connectivity index (χ3n) is 3.74. The summed E-state index contributed by atoms with van der Waals surface area (Å²) >= 11 is 0. The molecule has 0 aromatic heterocycles. The number of hydrogen-bond donors (Lipinski definition) is 2. The molecule has 1 fully saturated rings. The summed E-state index contributed by atoms with van der Waals surface area (Å²) in [6.07, 6.45) is 3.63. The molecule has 0 aliphatic heterocycles. The number of rotatable bonds is 5. The maximum Gasteiger partial charge on any atom is 0.240 e. The summed E-state index contributed by atoms with van der Waals surface area (Å²) in [4.78, 5) is -0.0846. The summed E-state index contributed by atoms with van der Waals surface area (Å²) in [5.74, 6) is -0.583. The van der Waals surface area contributed by atoms with Gasteiger partial charge in [0.05, 0.1) is 4.90 Å². The van der Waals surface area contributed by atoms with E-state index in [4.69, 9.17) is 0 Å².